The Bertz CT molecular complexity index is 892. The van der Waals surface area contributed by atoms with Crippen molar-refractivity contribution in [1.82, 2.24) is 25.1 Å². The molecule has 26 heavy (non-hydrogen) atoms. The quantitative estimate of drug-likeness (QED) is 0.728. The number of hydrogen-bond donors (Lipinski definition) is 2. The predicted molar refractivity (Wildman–Crippen MR) is 95.7 cm³/mol. The Balaban J connectivity index is 1.47. The fourth-order valence-corrected chi connectivity index (χ4v) is 3.19. The number of nitrogens with one attached hydrogen (secondary N) is 1. The van der Waals surface area contributed by atoms with Crippen LogP contribution in [0.3, 0.4) is 0 Å². The summed E-state index contributed by atoms with van der Waals surface area (Å²) in [6.07, 6.45) is 7.73. The Morgan fingerprint density at radius 2 is 1.88 bits per heavy atom. The van der Waals surface area contributed by atoms with Crippen LogP contribution in [0, 0.1) is 5.82 Å². The molecule has 1 saturated carbocycles. The molecule has 4 rings (SSSR count). The van der Waals surface area contributed by atoms with Crippen molar-refractivity contribution in [3.8, 4) is 11.3 Å². The van der Waals surface area contributed by atoms with Gasteiger partial charge in [-0.15, -0.1) is 10.2 Å². The van der Waals surface area contributed by atoms with Crippen molar-refractivity contribution >= 4 is 11.8 Å². The summed E-state index contributed by atoms with van der Waals surface area (Å²) in [7, 11) is 0. The lowest BCUT2D eigenvalue weighted by Gasteiger charge is -2.41. The lowest BCUT2D eigenvalue weighted by atomic mass is 9.66. The topological polar surface area (TPSA) is 102 Å². The molecule has 132 valence electrons. The number of aromatic nitrogens is 5. The number of rotatable bonds is 5. The number of hydrogen-bond acceptors (Lipinski definition) is 7. The van der Waals surface area contributed by atoms with Crippen LogP contribution in [0.1, 0.15) is 25.0 Å². The Morgan fingerprint density at radius 3 is 2.50 bits per heavy atom. The van der Waals surface area contributed by atoms with Gasteiger partial charge in [-0.3, -0.25) is 4.98 Å². The van der Waals surface area contributed by atoms with Crippen molar-refractivity contribution in [2.75, 3.05) is 17.6 Å². The van der Waals surface area contributed by atoms with Crippen LogP contribution in [-0.2, 0) is 5.41 Å². The number of nitrogens with zero attached hydrogens (tertiary/aromatic N) is 5. The SMILES string of the molecule is Nc1ncc(-c2ccc(NCC3(c4ncccc4F)CCC3)nn2)cn1. The van der Waals surface area contributed by atoms with Crippen molar-refractivity contribution in [2.24, 2.45) is 0 Å². The molecular formula is C18H18FN7. The number of nitrogen functional groups attached to an aromatic ring is 1. The minimum atomic E-state index is -0.281. The summed E-state index contributed by atoms with van der Waals surface area (Å²) < 4.78 is 14.2. The highest BCUT2D eigenvalue weighted by Gasteiger charge is 2.41. The Kier molecular flexibility index (Phi) is 4.16. The third kappa shape index (κ3) is 3.05. The van der Waals surface area contributed by atoms with Gasteiger partial charge in [0.25, 0.3) is 0 Å². The molecule has 0 atom stereocenters. The van der Waals surface area contributed by atoms with Crippen molar-refractivity contribution < 1.29 is 4.39 Å². The molecule has 0 saturated heterocycles. The minimum absolute atomic E-state index is 0.215. The van der Waals surface area contributed by atoms with Crippen molar-refractivity contribution in [3.63, 3.8) is 0 Å². The third-order valence-corrected chi connectivity index (χ3v) is 4.81. The van der Waals surface area contributed by atoms with E-state index in [1.54, 1.807) is 24.7 Å². The van der Waals surface area contributed by atoms with E-state index >= 15 is 0 Å². The highest BCUT2D eigenvalue weighted by molar-refractivity contribution is 5.57. The molecule has 0 amide bonds. The van der Waals surface area contributed by atoms with Gasteiger partial charge in [-0.05, 0) is 37.1 Å². The second-order valence-electron chi connectivity index (χ2n) is 6.46. The molecular weight excluding hydrogens is 333 g/mol. The zero-order chi connectivity index (χ0) is 18.0. The summed E-state index contributed by atoms with van der Waals surface area (Å²) in [5, 5.41) is 11.7. The molecule has 0 aliphatic heterocycles. The first-order chi connectivity index (χ1) is 12.7. The molecule has 3 aromatic rings. The zero-order valence-electron chi connectivity index (χ0n) is 14.1. The van der Waals surface area contributed by atoms with Gasteiger partial charge < -0.3 is 11.1 Å². The number of anilines is 2. The summed E-state index contributed by atoms with van der Waals surface area (Å²) >= 11 is 0. The normalized spacial score (nSPS) is 15.3. The van der Waals surface area contributed by atoms with E-state index in [0.29, 0.717) is 23.8 Å². The van der Waals surface area contributed by atoms with E-state index in [0.717, 1.165) is 24.8 Å². The van der Waals surface area contributed by atoms with Crippen molar-refractivity contribution in [3.05, 3.63) is 54.4 Å². The van der Waals surface area contributed by atoms with Gasteiger partial charge in [0.05, 0.1) is 11.4 Å². The van der Waals surface area contributed by atoms with Gasteiger partial charge >= 0.3 is 0 Å². The Morgan fingerprint density at radius 1 is 1.08 bits per heavy atom. The molecule has 0 spiro atoms. The lowest BCUT2D eigenvalue weighted by molar-refractivity contribution is 0.243. The molecule has 3 heterocycles. The second-order valence-corrected chi connectivity index (χ2v) is 6.46. The van der Waals surface area contributed by atoms with Crippen LogP contribution in [0.4, 0.5) is 16.2 Å². The second kappa shape index (κ2) is 6.62. The zero-order valence-corrected chi connectivity index (χ0v) is 14.1. The van der Waals surface area contributed by atoms with Gasteiger partial charge in [-0.1, -0.05) is 6.42 Å². The maximum absolute atomic E-state index is 14.2. The molecule has 3 N–H and O–H groups in total. The minimum Gasteiger partial charge on any atom is -0.368 e. The summed E-state index contributed by atoms with van der Waals surface area (Å²) in [4.78, 5) is 12.2. The molecule has 1 aliphatic rings. The maximum Gasteiger partial charge on any atom is 0.219 e. The summed E-state index contributed by atoms with van der Waals surface area (Å²) in [6.45, 7) is 0.569. The number of nitrogens with two attached hydrogens (primary N) is 1. The first-order valence-electron chi connectivity index (χ1n) is 8.43. The Hall–Kier alpha value is -3.16. The molecule has 3 aromatic heterocycles. The lowest BCUT2D eigenvalue weighted by Crippen LogP contribution is -2.42. The van der Waals surface area contributed by atoms with E-state index in [2.05, 4.69) is 30.5 Å². The van der Waals surface area contributed by atoms with E-state index in [1.807, 2.05) is 12.1 Å². The molecule has 1 aliphatic carbocycles. The van der Waals surface area contributed by atoms with Gasteiger partial charge in [-0.2, -0.15) is 0 Å². The average molecular weight is 351 g/mol. The van der Waals surface area contributed by atoms with E-state index < -0.39 is 0 Å². The average Bonchev–Trinajstić information content (AvgIpc) is 2.63. The number of halogens is 1. The van der Waals surface area contributed by atoms with E-state index in [-0.39, 0.29) is 17.2 Å². The van der Waals surface area contributed by atoms with Crippen LogP contribution >= 0.6 is 0 Å². The highest BCUT2D eigenvalue weighted by atomic mass is 19.1. The van der Waals surface area contributed by atoms with Gasteiger partial charge in [0.15, 0.2) is 0 Å². The van der Waals surface area contributed by atoms with Crippen LogP contribution in [0.2, 0.25) is 0 Å². The van der Waals surface area contributed by atoms with E-state index in [1.165, 1.54) is 6.07 Å². The van der Waals surface area contributed by atoms with Crippen molar-refractivity contribution in [1.29, 1.82) is 0 Å². The van der Waals surface area contributed by atoms with E-state index in [4.69, 9.17) is 5.73 Å². The fourth-order valence-electron chi connectivity index (χ4n) is 3.19. The first kappa shape index (κ1) is 16.3. The highest BCUT2D eigenvalue weighted by Crippen LogP contribution is 2.43. The van der Waals surface area contributed by atoms with Crippen LogP contribution in [0.15, 0.2) is 42.9 Å². The summed E-state index contributed by atoms with van der Waals surface area (Å²) in [6, 6.07) is 6.74. The Labute approximate surface area is 149 Å². The van der Waals surface area contributed by atoms with Crippen LogP contribution in [0.25, 0.3) is 11.3 Å². The molecule has 0 bridgehead atoms. The molecule has 8 heteroatoms. The largest absolute Gasteiger partial charge is 0.368 e. The van der Waals surface area contributed by atoms with Crippen molar-refractivity contribution in [2.45, 2.75) is 24.7 Å². The van der Waals surface area contributed by atoms with E-state index in [9.17, 15) is 4.39 Å². The van der Waals surface area contributed by atoms with Gasteiger partial charge in [0.1, 0.15) is 11.6 Å². The first-order valence-corrected chi connectivity index (χ1v) is 8.43. The van der Waals surface area contributed by atoms with Crippen LogP contribution in [0.5, 0.6) is 0 Å². The van der Waals surface area contributed by atoms with Crippen LogP contribution < -0.4 is 11.1 Å². The molecule has 7 nitrogen and oxygen atoms in total. The summed E-state index contributed by atoms with van der Waals surface area (Å²) in [5.41, 5.74) is 7.13. The standard InChI is InChI=1S/C18H18FN7/c19-13-3-1-8-21-16(13)18(6-2-7-18)11-24-15-5-4-14(25-26-15)12-9-22-17(20)23-10-12/h1,3-5,8-10H,2,6-7,11H2,(H,24,26)(H2,20,22,23). The predicted octanol–water partition coefficient (Wildman–Crippen LogP) is 2.58. The van der Waals surface area contributed by atoms with Gasteiger partial charge in [-0.25, -0.2) is 14.4 Å². The number of pyridine rings is 1. The third-order valence-electron chi connectivity index (χ3n) is 4.81. The molecule has 0 unspecified atom stereocenters. The fraction of sp³-hybridized carbons (Fsp3) is 0.278. The van der Waals surface area contributed by atoms with Gasteiger partial charge in [0.2, 0.25) is 5.95 Å². The smallest absolute Gasteiger partial charge is 0.219 e. The monoisotopic (exact) mass is 351 g/mol. The maximum atomic E-state index is 14.2. The molecule has 0 radical (unpaired) electrons. The molecule has 1 fully saturated rings. The molecule has 0 aromatic carbocycles. The van der Waals surface area contributed by atoms with Crippen LogP contribution in [-0.4, -0.2) is 31.7 Å². The van der Waals surface area contributed by atoms with Gasteiger partial charge in [0, 0.05) is 36.1 Å². The summed E-state index contributed by atoms with van der Waals surface area (Å²) in [5.74, 6) is 0.596.